The smallest absolute Gasteiger partial charge is 0.357 e. The van der Waals surface area contributed by atoms with Gasteiger partial charge in [-0.05, 0) is 26.8 Å². The number of rotatable bonds is 2. The Morgan fingerprint density at radius 3 is 2.63 bits per heavy atom. The standard InChI is InChI=1S/C12H13N3O4/c1-12(2,3)19-11(18)8-4-5-13-9-6-7(10(16)17)14-15(8)9/h4-6H,1-3H3,(H,16,17). The van der Waals surface area contributed by atoms with E-state index in [0.29, 0.717) is 0 Å². The predicted octanol–water partition coefficient (Wildman–Crippen LogP) is 1.38. The van der Waals surface area contributed by atoms with Gasteiger partial charge in [0.2, 0.25) is 0 Å². The van der Waals surface area contributed by atoms with Crippen molar-refractivity contribution in [2.24, 2.45) is 0 Å². The topological polar surface area (TPSA) is 93.8 Å². The van der Waals surface area contributed by atoms with E-state index in [2.05, 4.69) is 10.1 Å². The third-order valence-corrected chi connectivity index (χ3v) is 2.19. The van der Waals surface area contributed by atoms with Crippen molar-refractivity contribution in [1.82, 2.24) is 14.6 Å². The number of ether oxygens (including phenoxy) is 1. The summed E-state index contributed by atoms with van der Waals surface area (Å²) >= 11 is 0. The number of esters is 1. The highest BCUT2D eigenvalue weighted by Gasteiger charge is 2.21. The zero-order valence-corrected chi connectivity index (χ0v) is 10.7. The summed E-state index contributed by atoms with van der Waals surface area (Å²) in [5.41, 5.74) is -0.410. The maximum absolute atomic E-state index is 12.0. The minimum Gasteiger partial charge on any atom is -0.476 e. The first-order valence-corrected chi connectivity index (χ1v) is 5.59. The number of carboxylic acid groups (broad SMARTS) is 1. The first-order valence-electron chi connectivity index (χ1n) is 5.59. The van der Waals surface area contributed by atoms with Crippen LogP contribution in [0.15, 0.2) is 18.3 Å². The first-order chi connectivity index (χ1) is 8.78. The molecule has 100 valence electrons. The van der Waals surface area contributed by atoms with E-state index in [1.807, 2.05) is 0 Å². The summed E-state index contributed by atoms with van der Waals surface area (Å²) < 4.78 is 6.39. The van der Waals surface area contributed by atoms with Gasteiger partial charge < -0.3 is 9.84 Å². The highest BCUT2D eigenvalue weighted by atomic mass is 16.6. The predicted molar refractivity (Wildman–Crippen MR) is 65.1 cm³/mol. The Hall–Kier alpha value is -2.44. The minimum absolute atomic E-state index is 0.132. The van der Waals surface area contributed by atoms with Gasteiger partial charge in [-0.15, -0.1) is 0 Å². The van der Waals surface area contributed by atoms with Crippen LogP contribution in [-0.2, 0) is 4.74 Å². The molecular formula is C12H13N3O4. The van der Waals surface area contributed by atoms with E-state index in [1.165, 1.54) is 18.3 Å². The van der Waals surface area contributed by atoms with Crippen molar-refractivity contribution >= 4 is 17.6 Å². The van der Waals surface area contributed by atoms with Crippen LogP contribution in [0.2, 0.25) is 0 Å². The van der Waals surface area contributed by atoms with Gasteiger partial charge in [0, 0.05) is 12.3 Å². The molecule has 0 spiro atoms. The second-order valence-corrected chi connectivity index (χ2v) is 4.94. The lowest BCUT2D eigenvalue weighted by Gasteiger charge is -2.19. The second kappa shape index (κ2) is 4.34. The Balaban J connectivity index is 2.49. The number of hydrogen-bond donors (Lipinski definition) is 1. The van der Waals surface area contributed by atoms with Crippen molar-refractivity contribution < 1.29 is 19.4 Å². The molecular weight excluding hydrogens is 250 g/mol. The molecule has 0 fully saturated rings. The van der Waals surface area contributed by atoms with Crippen LogP contribution in [0.25, 0.3) is 5.65 Å². The molecule has 0 aliphatic rings. The molecule has 0 saturated carbocycles. The van der Waals surface area contributed by atoms with Crippen LogP contribution >= 0.6 is 0 Å². The molecule has 2 aromatic heterocycles. The van der Waals surface area contributed by atoms with E-state index in [0.717, 1.165) is 4.52 Å². The molecule has 0 saturated heterocycles. The Labute approximate surface area is 108 Å². The van der Waals surface area contributed by atoms with E-state index in [9.17, 15) is 9.59 Å². The van der Waals surface area contributed by atoms with Gasteiger partial charge in [-0.2, -0.15) is 5.10 Å². The van der Waals surface area contributed by atoms with Gasteiger partial charge in [0.1, 0.15) is 5.60 Å². The summed E-state index contributed by atoms with van der Waals surface area (Å²) in [5, 5.41) is 12.7. The van der Waals surface area contributed by atoms with Crippen LogP contribution in [0.3, 0.4) is 0 Å². The summed E-state index contributed by atoms with van der Waals surface area (Å²) in [7, 11) is 0. The Bertz CT molecular complexity index is 655. The number of aromatic nitrogens is 3. The summed E-state index contributed by atoms with van der Waals surface area (Å²) in [4.78, 5) is 26.8. The lowest BCUT2D eigenvalue weighted by molar-refractivity contribution is 0.00591. The van der Waals surface area contributed by atoms with Crippen molar-refractivity contribution in [3.8, 4) is 0 Å². The number of carbonyl (C=O) groups is 2. The fourth-order valence-electron chi connectivity index (χ4n) is 1.48. The fraction of sp³-hybridized carbons (Fsp3) is 0.333. The molecule has 0 radical (unpaired) electrons. The van der Waals surface area contributed by atoms with Gasteiger partial charge in [0.15, 0.2) is 17.0 Å². The molecule has 0 aliphatic heterocycles. The molecule has 2 aromatic rings. The lowest BCUT2D eigenvalue weighted by atomic mass is 10.2. The Morgan fingerprint density at radius 2 is 2.05 bits per heavy atom. The molecule has 0 aromatic carbocycles. The van der Waals surface area contributed by atoms with Crippen molar-refractivity contribution in [2.45, 2.75) is 26.4 Å². The minimum atomic E-state index is -1.18. The zero-order valence-electron chi connectivity index (χ0n) is 10.7. The van der Waals surface area contributed by atoms with Crippen LogP contribution < -0.4 is 0 Å². The van der Waals surface area contributed by atoms with Crippen molar-refractivity contribution in [1.29, 1.82) is 0 Å². The second-order valence-electron chi connectivity index (χ2n) is 4.94. The number of fused-ring (bicyclic) bond motifs is 1. The number of aromatic carboxylic acids is 1. The lowest BCUT2D eigenvalue weighted by Crippen LogP contribution is -2.25. The molecule has 19 heavy (non-hydrogen) atoms. The third-order valence-electron chi connectivity index (χ3n) is 2.19. The number of carbonyl (C=O) groups excluding carboxylic acids is 1. The average Bonchev–Trinajstić information content (AvgIpc) is 2.69. The summed E-state index contributed by atoms with van der Waals surface area (Å²) in [6.45, 7) is 5.24. The van der Waals surface area contributed by atoms with Crippen molar-refractivity contribution in [3.63, 3.8) is 0 Å². The van der Waals surface area contributed by atoms with Gasteiger partial charge >= 0.3 is 11.9 Å². The highest BCUT2D eigenvalue weighted by Crippen LogP contribution is 2.13. The molecule has 0 amide bonds. The first kappa shape index (κ1) is 13.0. The van der Waals surface area contributed by atoms with Crippen molar-refractivity contribution in [2.75, 3.05) is 0 Å². The molecule has 2 rings (SSSR count). The van der Waals surface area contributed by atoms with Gasteiger partial charge in [-0.25, -0.2) is 19.1 Å². The summed E-state index contributed by atoms with van der Waals surface area (Å²) in [6.07, 6.45) is 1.40. The number of carboxylic acids is 1. The molecule has 1 N–H and O–H groups in total. The Kier molecular flexibility index (Phi) is 2.97. The van der Waals surface area contributed by atoms with Crippen LogP contribution in [0.5, 0.6) is 0 Å². The quantitative estimate of drug-likeness (QED) is 0.823. The van der Waals surface area contributed by atoms with Crippen LogP contribution in [-0.4, -0.2) is 37.2 Å². The van der Waals surface area contributed by atoms with E-state index < -0.39 is 17.5 Å². The SMILES string of the molecule is CC(C)(C)OC(=O)c1ccnc2cc(C(=O)O)nn12. The van der Waals surface area contributed by atoms with E-state index in [1.54, 1.807) is 20.8 Å². The van der Waals surface area contributed by atoms with Crippen LogP contribution in [0.4, 0.5) is 0 Å². The van der Waals surface area contributed by atoms with E-state index >= 15 is 0 Å². The molecule has 0 bridgehead atoms. The van der Waals surface area contributed by atoms with Crippen LogP contribution in [0.1, 0.15) is 41.7 Å². The maximum atomic E-state index is 12.0. The average molecular weight is 263 g/mol. The monoisotopic (exact) mass is 263 g/mol. The Morgan fingerprint density at radius 1 is 1.37 bits per heavy atom. The largest absolute Gasteiger partial charge is 0.476 e. The summed E-state index contributed by atoms with van der Waals surface area (Å²) in [5.74, 6) is -1.76. The molecule has 2 heterocycles. The molecule has 7 nitrogen and oxygen atoms in total. The maximum Gasteiger partial charge on any atom is 0.357 e. The third kappa shape index (κ3) is 2.70. The molecule has 0 atom stereocenters. The van der Waals surface area contributed by atoms with Gasteiger partial charge in [-0.1, -0.05) is 0 Å². The fourth-order valence-corrected chi connectivity index (χ4v) is 1.48. The van der Waals surface area contributed by atoms with Crippen molar-refractivity contribution in [3.05, 3.63) is 29.7 Å². The van der Waals surface area contributed by atoms with Gasteiger partial charge in [0.25, 0.3) is 0 Å². The van der Waals surface area contributed by atoms with Crippen LogP contribution in [0, 0.1) is 0 Å². The zero-order chi connectivity index (χ0) is 14.2. The summed E-state index contributed by atoms with van der Waals surface area (Å²) in [6, 6.07) is 2.72. The van der Waals surface area contributed by atoms with E-state index in [-0.39, 0.29) is 17.0 Å². The van der Waals surface area contributed by atoms with Gasteiger partial charge in [-0.3, -0.25) is 0 Å². The molecule has 0 unspecified atom stereocenters. The number of hydrogen-bond acceptors (Lipinski definition) is 5. The van der Waals surface area contributed by atoms with Gasteiger partial charge in [0.05, 0.1) is 0 Å². The highest BCUT2D eigenvalue weighted by molar-refractivity contribution is 5.90. The van der Waals surface area contributed by atoms with E-state index in [4.69, 9.17) is 9.84 Å². The number of nitrogens with zero attached hydrogens (tertiary/aromatic N) is 3. The molecule has 0 aliphatic carbocycles. The molecule has 7 heteroatoms. The normalized spacial score (nSPS) is 11.5.